The molecule has 2 N–H and O–H groups in total. The fourth-order valence-corrected chi connectivity index (χ4v) is 6.75. The van der Waals surface area contributed by atoms with E-state index in [2.05, 4.69) is 0 Å². The van der Waals surface area contributed by atoms with E-state index in [0.717, 1.165) is 11.1 Å². The van der Waals surface area contributed by atoms with Crippen LogP contribution in [0.3, 0.4) is 0 Å². The molecule has 0 unspecified atom stereocenters. The van der Waals surface area contributed by atoms with Crippen molar-refractivity contribution >= 4 is 49.7 Å². The highest BCUT2D eigenvalue weighted by atomic mass is 16.7. The summed E-state index contributed by atoms with van der Waals surface area (Å²) in [7, 11) is -1.79. The number of hydrogen-bond acceptors (Lipinski definition) is 15. The minimum absolute atomic E-state index is 0.0472. The van der Waals surface area contributed by atoms with Crippen LogP contribution in [-0.2, 0) is 55.6 Å². The van der Waals surface area contributed by atoms with Crippen molar-refractivity contribution in [2.24, 2.45) is 11.8 Å². The van der Waals surface area contributed by atoms with Crippen molar-refractivity contribution in [1.82, 2.24) is 0 Å². The number of Topliss-reactive ketones (excluding diaryl/α,β-unsaturated/α-hetero) is 2. The summed E-state index contributed by atoms with van der Waals surface area (Å²) in [6.45, 7) is 14.5. The van der Waals surface area contributed by atoms with Crippen LogP contribution in [0.4, 0.5) is 0 Å². The SMILES string of the molecule is CCC(=O)C[C@H]1Cc2cccc(C(=O)OCOC(=O)C(CC)CC)c2OB1O.CCO.CCOB1Oc2c(cccc2C(=O)OCOC(=O)C(CC)CC)C[C@@H]1CC(=O)CC. The van der Waals surface area contributed by atoms with E-state index in [9.17, 15) is 33.8 Å². The van der Waals surface area contributed by atoms with Gasteiger partial charge in [-0.1, -0.05) is 65.8 Å². The van der Waals surface area contributed by atoms with Gasteiger partial charge in [-0.25, -0.2) is 9.59 Å². The Morgan fingerprint density at radius 1 is 0.639 bits per heavy atom. The third-order valence-corrected chi connectivity index (χ3v) is 10.4. The molecule has 2 aromatic rings. The fraction of sp³-hybridized carbons (Fsp3) is 0.591. The zero-order valence-electron chi connectivity index (χ0n) is 37.0. The van der Waals surface area contributed by atoms with E-state index in [-0.39, 0.29) is 70.9 Å². The Balaban J connectivity index is 0.000000395. The van der Waals surface area contributed by atoms with Crippen molar-refractivity contribution in [3.8, 4) is 11.5 Å². The topological polar surface area (TPSA) is 207 Å². The zero-order valence-corrected chi connectivity index (χ0v) is 37.0. The number of ether oxygens (including phenoxy) is 4. The Kier molecular flexibility index (Phi) is 24.0. The van der Waals surface area contributed by atoms with Crippen LogP contribution in [0.15, 0.2) is 36.4 Å². The molecule has 15 nitrogen and oxygen atoms in total. The first-order valence-corrected chi connectivity index (χ1v) is 21.5. The van der Waals surface area contributed by atoms with Crippen LogP contribution in [0.25, 0.3) is 0 Å². The maximum Gasteiger partial charge on any atom is 0.529 e. The molecule has 2 atom stereocenters. The number of fused-ring (bicyclic) bond motifs is 2. The van der Waals surface area contributed by atoms with Gasteiger partial charge >= 0.3 is 38.1 Å². The maximum absolute atomic E-state index is 12.6. The Bertz CT molecular complexity index is 1730. The molecule has 0 aromatic heterocycles. The second-order valence-corrected chi connectivity index (χ2v) is 14.5. The number of rotatable bonds is 20. The number of esters is 4. The number of hydrogen-bond donors (Lipinski definition) is 2. The number of para-hydroxylation sites is 2. The molecule has 0 saturated heterocycles. The molecule has 2 heterocycles. The van der Waals surface area contributed by atoms with Gasteiger partial charge < -0.3 is 43.0 Å². The third-order valence-electron chi connectivity index (χ3n) is 10.4. The Labute approximate surface area is 360 Å². The van der Waals surface area contributed by atoms with Crippen LogP contribution in [0, 0.1) is 11.8 Å². The van der Waals surface area contributed by atoms with E-state index in [1.807, 2.05) is 47.6 Å². The van der Waals surface area contributed by atoms with Crippen molar-refractivity contribution in [2.75, 3.05) is 26.8 Å². The molecular formula is C44H64B2O15. The van der Waals surface area contributed by atoms with Gasteiger partial charge in [-0.3, -0.25) is 19.2 Å². The molecule has 0 radical (unpaired) electrons. The Morgan fingerprint density at radius 3 is 1.46 bits per heavy atom. The summed E-state index contributed by atoms with van der Waals surface area (Å²) in [5.41, 5.74) is 1.94. The normalized spacial score (nSPS) is 15.0. The highest BCUT2D eigenvalue weighted by molar-refractivity contribution is 6.48. The number of carbonyl (C=O) groups is 6. The second-order valence-electron chi connectivity index (χ2n) is 14.5. The van der Waals surface area contributed by atoms with Crippen molar-refractivity contribution in [2.45, 2.75) is 131 Å². The monoisotopic (exact) mass is 854 g/mol. The van der Waals surface area contributed by atoms with Gasteiger partial charge in [0, 0.05) is 50.5 Å². The van der Waals surface area contributed by atoms with Gasteiger partial charge in [0.2, 0.25) is 13.6 Å². The molecule has 0 aliphatic carbocycles. The third kappa shape index (κ3) is 16.2. The van der Waals surface area contributed by atoms with E-state index < -0.39 is 45.7 Å². The van der Waals surface area contributed by atoms with Gasteiger partial charge in [-0.2, -0.15) is 0 Å². The van der Waals surface area contributed by atoms with E-state index in [1.165, 1.54) is 6.07 Å². The van der Waals surface area contributed by atoms with Gasteiger partial charge in [-0.15, -0.1) is 0 Å². The molecule has 61 heavy (non-hydrogen) atoms. The Hall–Kier alpha value is -4.73. The van der Waals surface area contributed by atoms with Crippen LogP contribution in [0.1, 0.15) is 139 Å². The first-order valence-electron chi connectivity index (χ1n) is 21.5. The molecule has 17 heteroatoms. The quantitative estimate of drug-likeness (QED) is 0.0788. The van der Waals surface area contributed by atoms with Crippen LogP contribution in [0.2, 0.25) is 11.6 Å². The summed E-state index contributed by atoms with van der Waals surface area (Å²) in [5, 5.41) is 17.8. The molecule has 2 aromatic carbocycles. The lowest BCUT2D eigenvalue weighted by atomic mass is 9.64. The first kappa shape index (κ1) is 52.4. The van der Waals surface area contributed by atoms with Crippen molar-refractivity contribution in [3.05, 3.63) is 58.7 Å². The van der Waals surface area contributed by atoms with E-state index in [4.69, 9.17) is 38.0 Å². The van der Waals surface area contributed by atoms with E-state index in [0.29, 0.717) is 70.1 Å². The summed E-state index contributed by atoms with van der Waals surface area (Å²) in [6, 6.07) is 10.2. The van der Waals surface area contributed by atoms with Gasteiger partial charge in [0.25, 0.3) is 0 Å². The number of carbonyl (C=O) groups excluding carboxylic acids is 6. The minimum atomic E-state index is -1.18. The molecule has 0 fully saturated rings. The molecule has 0 amide bonds. The minimum Gasteiger partial charge on any atom is -0.535 e. The molecule has 2 aliphatic heterocycles. The maximum atomic E-state index is 12.6. The first-order chi connectivity index (χ1) is 29.3. The van der Waals surface area contributed by atoms with Crippen molar-refractivity contribution in [1.29, 1.82) is 0 Å². The number of ketones is 2. The summed E-state index contributed by atoms with van der Waals surface area (Å²) in [6.07, 6.45) is 5.09. The molecule has 0 spiro atoms. The highest BCUT2D eigenvalue weighted by Gasteiger charge is 2.40. The molecule has 2 aliphatic rings. The lowest BCUT2D eigenvalue weighted by molar-refractivity contribution is -0.158. The standard InChI is InChI=1S/C22H31BO7.C20H27BO7.C2H6O/c1-5-15(6-2)21(25)27-14-28-22(26)19-11-9-10-16-12-17(13-18(24)7-3)23(29-8-4)30-20(16)19;1-4-13(5-2)19(23)26-12-27-20(24)17-9-7-8-14-10-15(11-16(22)6-3)21(25)28-18(14)17;1-2-3/h9-11,15,17H,5-8,12-14H2,1-4H3;7-9,13,15,25H,4-6,10-12H2,1-3H3;3H,2H2,1H3/t17-;15-;/m11./s1. The van der Waals surface area contributed by atoms with Crippen LogP contribution in [-0.4, -0.2) is 86.6 Å². The summed E-state index contributed by atoms with van der Waals surface area (Å²) < 4.78 is 37.5. The second kappa shape index (κ2) is 28.0. The Morgan fingerprint density at radius 2 is 1.05 bits per heavy atom. The van der Waals surface area contributed by atoms with E-state index >= 15 is 0 Å². The smallest absolute Gasteiger partial charge is 0.529 e. The summed E-state index contributed by atoms with van der Waals surface area (Å²) in [4.78, 5) is 72.4. The molecule has 0 saturated carbocycles. The number of aliphatic hydroxyl groups is 1. The van der Waals surface area contributed by atoms with Crippen LogP contribution >= 0.6 is 0 Å². The lowest BCUT2D eigenvalue weighted by Gasteiger charge is -2.30. The lowest BCUT2D eigenvalue weighted by Crippen LogP contribution is -2.38. The predicted octanol–water partition coefficient (Wildman–Crippen LogP) is 6.91. The van der Waals surface area contributed by atoms with Gasteiger partial charge in [0.15, 0.2) is 0 Å². The van der Waals surface area contributed by atoms with Gasteiger partial charge in [0.05, 0.1) is 11.8 Å². The molecule has 4 rings (SSSR count). The fourth-order valence-electron chi connectivity index (χ4n) is 6.75. The zero-order chi connectivity index (χ0) is 45.5. The number of aliphatic hydroxyl groups excluding tert-OH is 1. The highest BCUT2D eigenvalue weighted by Crippen LogP contribution is 2.39. The number of benzene rings is 2. The summed E-state index contributed by atoms with van der Waals surface area (Å²) in [5.74, 6) is -2.18. The van der Waals surface area contributed by atoms with Crippen molar-refractivity contribution in [3.63, 3.8) is 0 Å². The average Bonchev–Trinajstić information content (AvgIpc) is 3.25. The largest absolute Gasteiger partial charge is 0.535 e. The summed E-state index contributed by atoms with van der Waals surface area (Å²) >= 11 is 0. The molecular weight excluding hydrogens is 790 g/mol. The molecule has 336 valence electrons. The van der Waals surface area contributed by atoms with Crippen LogP contribution < -0.4 is 9.31 Å². The van der Waals surface area contributed by atoms with Gasteiger partial charge in [-0.05, 0) is 75.6 Å². The predicted molar refractivity (Wildman–Crippen MR) is 228 cm³/mol. The van der Waals surface area contributed by atoms with Crippen LogP contribution in [0.5, 0.6) is 11.5 Å². The van der Waals surface area contributed by atoms with E-state index in [1.54, 1.807) is 38.1 Å². The van der Waals surface area contributed by atoms with Gasteiger partial charge in [0.1, 0.15) is 34.2 Å². The molecule has 0 bridgehead atoms. The van der Waals surface area contributed by atoms with Crippen molar-refractivity contribution < 1.29 is 71.8 Å². The average molecular weight is 855 g/mol.